The van der Waals surface area contributed by atoms with E-state index in [0.29, 0.717) is 17.2 Å². The van der Waals surface area contributed by atoms with Crippen molar-refractivity contribution in [3.63, 3.8) is 0 Å². The van der Waals surface area contributed by atoms with E-state index < -0.39 is 16.1 Å². The van der Waals surface area contributed by atoms with Crippen molar-refractivity contribution < 1.29 is 17.9 Å². The van der Waals surface area contributed by atoms with Gasteiger partial charge < -0.3 is 9.47 Å². The van der Waals surface area contributed by atoms with Gasteiger partial charge in [-0.1, -0.05) is 42.0 Å². The van der Waals surface area contributed by atoms with Crippen LogP contribution in [0.25, 0.3) is 0 Å². The van der Waals surface area contributed by atoms with Crippen molar-refractivity contribution in [1.82, 2.24) is 0 Å². The molecule has 0 amide bonds. The van der Waals surface area contributed by atoms with Crippen molar-refractivity contribution in [2.24, 2.45) is 0 Å². The largest absolute Gasteiger partial charge is 0.454 e. The quantitative estimate of drug-likeness (QED) is 0.629. The van der Waals surface area contributed by atoms with Crippen molar-refractivity contribution in [3.05, 3.63) is 83.9 Å². The highest BCUT2D eigenvalue weighted by molar-refractivity contribution is 7.92. The SMILES string of the molecule is Cc1ccc(N(C(C)c2ccc3c(c2)OCO3)S(=O)(=O)c2ccccc2)cc1. The molecule has 1 aliphatic heterocycles. The van der Waals surface area contributed by atoms with Crippen LogP contribution < -0.4 is 13.8 Å². The first-order valence-corrected chi connectivity index (χ1v) is 10.5. The van der Waals surface area contributed by atoms with Gasteiger partial charge in [0.25, 0.3) is 10.0 Å². The predicted octanol–water partition coefficient (Wildman–Crippen LogP) is 4.68. The van der Waals surface area contributed by atoms with E-state index in [2.05, 4.69) is 0 Å². The number of nitrogens with zero attached hydrogens (tertiary/aromatic N) is 1. The van der Waals surface area contributed by atoms with Crippen molar-refractivity contribution in [2.75, 3.05) is 11.1 Å². The minimum Gasteiger partial charge on any atom is -0.454 e. The lowest BCUT2D eigenvalue weighted by molar-refractivity contribution is 0.174. The van der Waals surface area contributed by atoms with E-state index in [1.54, 1.807) is 30.3 Å². The zero-order valence-electron chi connectivity index (χ0n) is 15.7. The molecule has 3 aromatic carbocycles. The number of fused-ring (bicyclic) bond motifs is 1. The van der Waals surface area contributed by atoms with Crippen LogP contribution in [-0.4, -0.2) is 15.2 Å². The van der Waals surface area contributed by atoms with Crippen LogP contribution >= 0.6 is 0 Å². The number of ether oxygens (including phenoxy) is 2. The minimum absolute atomic E-state index is 0.178. The molecule has 1 unspecified atom stereocenters. The van der Waals surface area contributed by atoms with Crippen molar-refractivity contribution in [1.29, 1.82) is 0 Å². The molecule has 0 aliphatic carbocycles. The van der Waals surface area contributed by atoms with Gasteiger partial charge >= 0.3 is 0 Å². The van der Waals surface area contributed by atoms with Gasteiger partial charge in [0.15, 0.2) is 11.5 Å². The molecule has 1 aliphatic rings. The molecular formula is C22H21NO4S. The molecule has 5 nitrogen and oxygen atoms in total. The molecule has 144 valence electrons. The van der Waals surface area contributed by atoms with Gasteiger partial charge in [0, 0.05) is 0 Å². The molecule has 0 bridgehead atoms. The smallest absolute Gasteiger partial charge is 0.264 e. The maximum Gasteiger partial charge on any atom is 0.264 e. The van der Waals surface area contributed by atoms with Crippen LogP contribution in [0.4, 0.5) is 5.69 Å². The van der Waals surface area contributed by atoms with E-state index in [-0.39, 0.29) is 11.7 Å². The van der Waals surface area contributed by atoms with Crippen molar-refractivity contribution in [3.8, 4) is 11.5 Å². The van der Waals surface area contributed by atoms with Crippen LogP contribution in [0.15, 0.2) is 77.7 Å². The summed E-state index contributed by atoms with van der Waals surface area (Å²) in [6.45, 7) is 4.02. The van der Waals surface area contributed by atoms with Crippen LogP contribution in [0.2, 0.25) is 0 Å². The normalized spacial score (nSPS) is 13.9. The molecule has 4 rings (SSSR count). The standard InChI is InChI=1S/C22H21NO4S/c1-16-8-11-19(12-9-16)23(28(24,25)20-6-4-3-5-7-20)17(2)18-10-13-21-22(14-18)27-15-26-21/h3-14,17H,15H2,1-2H3. The summed E-state index contributed by atoms with van der Waals surface area (Å²) in [4.78, 5) is 0.253. The Balaban J connectivity index is 1.82. The summed E-state index contributed by atoms with van der Waals surface area (Å²) in [5, 5.41) is 0. The van der Waals surface area contributed by atoms with Gasteiger partial charge in [0.05, 0.1) is 16.6 Å². The van der Waals surface area contributed by atoms with E-state index >= 15 is 0 Å². The molecule has 28 heavy (non-hydrogen) atoms. The molecule has 1 heterocycles. The van der Waals surface area contributed by atoms with E-state index in [1.807, 2.05) is 56.3 Å². The number of sulfonamides is 1. The monoisotopic (exact) mass is 395 g/mol. The molecule has 6 heteroatoms. The highest BCUT2D eigenvalue weighted by atomic mass is 32.2. The van der Waals surface area contributed by atoms with E-state index in [0.717, 1.165) is 11.1 Å². The lowest BCUT2D eigenvalue weighted by Crippen LogP contribution is -2.33. The van der Waals surface area contributed by atoms with Gasteiger partial charge in [-0.2, -0.15) is 0 Å². The predicted molar refractivity (Wildman–Crippen MR) is 108 cm³/mol. The number of benzene rings is 3. The van der Waals surface area contributed by atoms with Crippen LogP contribution in [0.5, 0.6) is 11.5 Å². The third kappa shape index (κ3) is 3.31. The first-order valence-electron chi connectivity index (χ1n) is 9.02. The Labute approximate surface area is 165 Å². The Morgan fingerprint density at radius 3 is 2.29 bits per heavy atom. The number of hydrogen-bond donors (Lipinski definition) is 0. The van der Waals surface area contributed by atoms with E-state index in [4.69, 9.17) is 9.47 Å². The van der Waals surface area contributed by atoms with Gasteiger partial charge in [0.1, 0.15) is 0 Å². The molecule has 3 aromatic rings. The fourth-order valence-corrected chi connectivity index (χ4v) is 4.94. The molecular weight excluding hydrogens is 374 g/mol. The number of aryl methyl sites for hydroxylation is 1. The van der Waals surface area contributed by atoms with Crippen molar-refractivity contribution >= 4 is 15.7 Å². The zero-order valence-corrected chi connectivity index (χ0v) is 16.5. The Morgan fingerprint density at radius 1 is 0.893 bits per heavy atom. The number of hydrogen-bond acceptors (Lipinski definition) is 4. The summed E-state index contributed by atoms with van der Waals surface area (Å²) in [7, 11) is -3.77. The molecule has 0 spiro atoms. The third-order valence-electron chi connectivity index (χ3n) is 4.82. The Morgan fingerprint density at radius 2 is 1.57 bits per heavy atom. The maximum atomic E-state index is 13.5. The Bertz CT molecular complexity index is 1080. The average molecular weight is 395 g/mol. The maximum absolute atomic E-state index is 13.5. The highest BCUT2D eigenvalue weighted by Crippen LogP contribution is 2.38. The fourth-order valence-electron chi connectivity index (χ4n) is 3.28. The topological polar surface area (TPSA) is 55.8 Å². The minimum atomic E-state index is -3.77. The molecule has 0 saturated carbocycles. The van der Waals surface area contributed by atoms with Gasteiger partial charge in [0.2, 0.25) is 6.79 Å². The lowest BCUT2D eigenvalue weighted by atomic mass is 10.1. The first kappa shape index (κ1) is 18.4. The second-order valence-electron chi connectivity index (χ2n) is 6.74. The number of rotatable bonds is 5. The van der Waals surface area contributed by atoms with Gasteiger partial charge in [-0.15, -0.1) is 0 Å². The molecule has 0 radical (unpaired) electrons. The number of anilines is 1. The summed E-state index contributed by atoms with van der Waals surface area (Å²) in [6, 6.07) is 21.1. The average Bonchev–Trinajstić information content (AvgIpc) is 3.18. The second kappa shape index (κ2) is 7.20. The Hall–Kier alpha value is -2.99. The third-order valence-corrected chi connectivity index (χ3v) is 6.73. The van der Waals surface area contributed by atoms with Crippen LogP contribution in [0.3, 0.4) is 0 Å². The van der Waals surface area contributed by atoms with E-state index in [9.17, 15) is 8.42 Å². The summed E-state index contributed by atoms with van der Waals surface area (Å²) in [6.07, 6.45) is 0. The second-order valence-corrected chi connectivity index (χ2v) is 8.55. The fraction of sp³-hybridized carbons (Fsp3) is 0.182. The van der Waals surface area contributed by atoms with Crippen LogP contribution in [-0.2, 0) is 10.0 Å². The molecule has 0 N–H and O–H groups in total. The lowest BCUT2D eigenvalue weighted by Gasteiger charge is -2.31. The van der Waals surface area contributed by atoms with Gasteiger partial charge in [-0.25, -0.2) is 8.42 Å². The van der Waals surface area contributed by atoms with Crippen molar-refractivity contribution in [2.45, 2.75) is 24.8 Å². The molecule has 0 fully saturated rings. The van der Waals surface area contributed by atoms with Gasteiger partial charge in [-0.05, 0) is 55.8 Å². The van der Waals surface area contributed by atoms with E-state index in [1.165, 1.54) is 4.31 Å². The Kier molecular flexibility index (Phi) is 4.73. The van der Waals surface area contributed by atoms with Gasteiger partial charge in [-0.3, -0.25) is 4.31 Å². The first-order chi connectivity index (χ1) is 13.5. The summed E-state index contributed by atoms with van der Waals surface area (Å²) in [5.74, 6) is 1.30. The van der Waals surface area contributed by atoms with Crippen LogP contribution in [0.1, 0.15) is 24.1 Å². The zero-order chi connectivity index (χ0) is 19.7. The van der Waals surface area contributed by atoms with Crippen LogP contribution in [0, 0.1) is 6.92 Å². The summed E-state index contributed by atoms with van der Waals surface area (Å²) >= 11 is 0. The molecule has 1 atom stereocenters. The summed E-state index contributed by atoms with van der Waals surface area (Å²) < 4.78 is 39.4. The highest BCUT2D eigenvalue weighted by Gasteiger charge is 2.31. The summed E-state index contributed by atoms with van der Waals surface area (Å²) in [5.41, 5.74) is 2.50. The molecule has 0 aromatic heterocycles. The molecule has 0 saturated heterocycles.